The van der Waals surface area contributed by atoms with Crippen molar-refractivity contribution >= 4 is 5.91 Å². The van der Waals surface area contributed by atoms with Crippen LogP contribution in [0.25, 0.3) is 0 Å². The van der Waals surface area contributed by atoms with Crippen molar-refractivity contribution in [2.45, 2.75) is 45.1 Å². The van der Waals surface area contributed by atoms with E-state index in [0.717, 1.165) is 25.7 Å². The van der Waals surface area contributed by atoms with Gasteiger partial charge in [-0.1, -0.05) is 19.3 Å². The zero-order valence-corrected chi connectivity index (χ0v) is 10.5. The Morgan fingerprint density at radius 2 is 2.22 bits per heavy atom. The molecule has 0 saturated heterocycles. The maximum absolute atomic E-state index is 12.0. The van der Waals surface area contributed by atoms with E-state index in [1.807, 2.05) is 0 Å². The van der Waals surface area contributed by atoms with Gasteiger partial charge in [-0.25, -0.2) is 0 Å². The Morgan fingerprint density at radius 3 is 2.89 bits per heavy atom. The first-order chi connectivity index (χ1) is 8.70. The fraction of sp³-hybridized carbons (Fsp3) is 0.667. The van der Waals surface area contributed by atoms with Gasteiger partial charge >= 0.3 is 0 Å². The molecule has 0 bridgehead atoms. The van der Waals surface area contributed by atoms with Crippen LogP contribution in [0.2, 0.25) is 0 Å². The van der Waals surface area contributed by atoms with Crippen LogP contribution >= 0.6 is 0 Å². The third kappa shape index (κ3) is 2.94. The fourth-order valence-electron chi connectivity index (χ4n) is 2.21. The summed E-state index contributed by atoms with van der Waals surface area (Å²) >= 11 is 0. The van der Waals surface area contributed by atoms with Crippen molar-refractivity contribution in [2.75, 3.05) is 6.61 Å². The van der Waals surface area contributed by atoms with Crippen molar-refractivity contribution in [3.05, 3.63) is 5.69 Å². The van der Waals surface area contributed by atoms with E-state index in [1.165, 1.54) is 6.42 Å². The Bertz CT molecular complexity index is 411. The number of nitrogens with zero attached hydrogens (tertiary/aromatic N) is 1. The summed E-state index contributed by atoms with van der Waals surface area (Å²) in [5.74, 6) is -0.635. The Kier molecular flexibility index (Phi) is 4.07. The van der Waals surface area contributed by atoms with Crippen molar-refractivity contribution in [1.82, 2.24) is 15.3 Å². The van der Waals surface area contributed by atoms with Crippen molar-refractivity contribution in [2.24, 2.45) is 0 Å². The van der Waals surface area contributed by atoms with Crippen LogP contribution in [0.1, 0.15) is 49.5 Å². The van der Waals surface area contributed by atoms with Gasteiger partial charge in [0.15, 0.2) is 5.69 Å². The highest BCUT2D eigenvalue weighted by molar-refractivity contribution is 5.94. The predicted molar refractivity (Wildman–Crippen MR) is 65.8 cm³/mol. The molecule has 6 nitrogen and oxygen atoms in total. The van der Waals surface area contributed by atoms with Gasteiger partial charge in [-0.15, -0.1) is 0 Å². The van der Waals surface area contributed by atoms with Gasteiger partial charge in [0.25, 0.3) is 11.9 Å². The van der Waals surface area contributed by atoms with E-state index in [2.05, 4.69) is 15.3 Å². The van der Waals surface area contributed by atoms with E-state index in [1.54, 1.807) is 6.92 Å². The molecule has 3 N–H and O–H groups in total. The third-order valence-electron chi connectivity index (χ3n) is 3.11. The average molecular weight is 253 g/mol. The number of hydrogen-bond donors (Lipinski definition) is 3. The van der Waals surface area contributed by atoms with Crippen LogP contribution < -0.4 is 10.1 Å². The minimum atomic E-state index is -0.321. The number of carbonyl (C=O) groups is 1. The second-order valence-electron chi connectivity index (χ2n) is 4.48. The third-order valence-corrected chi connectivity index (χ3v) is 3.11. The lowest BCUT2D eigenvalue weighted by Gasteiger charge is -2.22. The minimum Gasteiger partial charge on any atom is -0.492 e. The highest BCUT2D eigenvalue weighted by atomic mass is 16.5. The number of aromatic amines is 1. The van der Waals surface area contributed by atoms with Crippen LogP contribution in [0.3, 0.4) is 0 Å². The van der Waals surface area contributed by atoms with Crippen LogP contribution in [0.15, 0.2) is 0 Å². The van der Waals surface area contributed by atoms with Crippen LogP contribution in [-0.4, -0.2) is 33.6 Å². The highest BCUT2D eigenvalue weighted by Crippen LogP contribution is 2.20. The summed E-state index contributed by atoms with van der Waals surface area (Å²) in [5, 5.41) is 12.5. The molecule has 0 aromatic carbocycles. The molecular formula is C12H19N3O3. The van der Waals surface area contributed by atoms with Gasteiger partial charge < -0.3 is 20.1 Å². The number of hydrogen-bond acceptors (Lipinski definition) is 4. The van der Waals surface area contributed by atoms with E-state index >= 15 is 0 Å². The first kappa shape index (κ1) is 12.7. The molecule has 0 unspecified atom stereocenters. The fourth-order valence-corrected chi connectivity index (χ4v) is 2.21. The smallest absolute Gasteiger partial charge is 0.297 e. The molecule has 18 heavy (non-hydrogen) atoms. The second kappa shape index (κ2) is 5.75. The lowest BCUT2D eigenvalue weighted by atomic mass is 9.95. The van der Waals surface area contributed by atoms with Gasteiger partial charge in [0.1, 0.15) is 0 Å². The first-order valence-electron chi connectivity index (χ1n) is 6.43. The zero-order valence-electron chi connectivity index (χ0n) is 10.5. The highest BCUT2D eigenvalue weighted by Gasteiger charge is 2.21. The van der Waals surface area contributed by atoms with Gasteiger partial charge in [0.05, 0.1) is 6.61 Å². The van der Waals surface area contributed by atoms with Crippen LogP contribution in [-0.2, 0) is 0 Å². The van der Waals surface area contributed by atoms with Gasteiger partial charge in [0, 0.05) is 6.04 Å². The topological polar surface area (TPSA) is 87.2 Å². The number of aromatic hydroxyl groups is 1. The molecule has 1 aliphatic carbocycles. The molecule has 1 heterocycles. The first-order valence-corrected chi connectivity index (χ1v) is 6.43. The molecule has 100 valence electrons. The van der Waals surface area contributed by atoms with Crippen molar-refractivity contribution < 1.29 is 14.6 Å². The number of ether oxygens (including phenoxy) is 1. The molecule has 0 spiro atoms. The average Bonchev–Trinajstić information content (AvgIpc) is 2.72. The molecule has 1 saturated carbocycles. The van der Waals surface area contributed by atoms with E-state index in [-0.39, 0.29) is 29.5 Å². The monoisotopic (exact) mass is 253 g/mol. The number of imidazole rings is 1. The standard InChI is InChI=1S/C12H19N3O3/c1-2-18-12-14-9(11(17)15-12)10(16)13-8-6-4-3-5-7-8/h8,17H,2-7H2,1H3,(H,13,16)(H,14,15). The Hall–Kier alpha value is -1.72. The lowest BCUT2D eigenvalue weighted by molar-refractivity contribution is 0.0919. The normalized spacial score (nSPS) is 16.5. The van der Waals surface area contributed by atoms with E-state index < -0.39 is 0 Å². The maximum atomic E-state index is 12.0. The van der Waals surface area contributed by atoms with E-state index in [0.29, 0.717) is 6.61 Å². The number of carbonyl (C=O) groups excluding carboxylic acids is 1. The maximum Gasteiger partial charge on any atom is 0.297 e. The molecule has 2 rings (SSSR count). The number of H-pyrrole nitrogens is 1. The van der Waals surface area contributed by atoms with Crippen LogP contribution in [0.5, 0.6) is 11.9 Å². The Labute approximate surface area is 106 Å². The van der Waals surface area contributed by atoms with Crippen LogP contribution in [0, 0.1) is 0 Å². The number of aromatic nitrogens is 2. The Balaban J connectivity index is 1.99. The van der Waals surface area contributed by atoms with Crippen LogP contribution in [0.4, 0.5) is 0 Å². The minimum absolute atomic E-state index is 0.0732. The molecule has 1 amide bonds. The van der Waals surface area contributed by atoms with Crippen molar-refractivity contribution in [3.63, 3.8) is 0 Å². The number of amides is 1. The number of rotatable bonds is 4. The summed E-state index contributed by atoms with van der Waals surface area (Å²) in [6.45, 7) is 2.23. The SMILES string of the molecule is CCOc1nc(O)c(C(=O)NC2CCCCC2)[nH]1. The van der Waals surface area contributed by atoms with Gasteiger partial charge in [-0.05, 0) is 19.8 Å². The molecule has 0 aliphatic heterocycles. The largest absolute Gasteiger partial charge is 0.492 e. The summed E-state index contributed by atoms with van der Waals surface area (Å²) < 4.78 is 5.10. The summed E-state index contributed by atoms with van der Waals surface area (Å²) in [5.41, 5.74) is 0.0732. The summed E-state index contributed by atoms with van der Waals surface area (Å²) in [6.07, 6.45) is 5.52. The molecule has 0 radical (unpaired) electrons. The summed E-state index contributed by atoms with van der Waals surface area (Å²) in [6, 6.07) is 0.369. The number of nitrogens with one attached hydrogen (secondary N) is 2. The molecule has 1 aliphatic rings. The zero-order chi connectivity index (χ0) is 13.0. The summed E-state index contributed by atoms with van der Waals surface area (Å²) in [7, 11) is 0. The molecular weight excluding hydrogens is 234 g/mol. The van der Waals surface area contributed by atoms with Crippen molar-refractivity contribution in [1.29, 1.82) is 0 Å². The quantitative estimate of drug-likeness (QED) is 0.760. The van der Waals surface area contributed by atoms with Gasteiger partial charge in [-0.2, -0.15) is 4.98 Å². The molecule has 0 atom stereocenters. The predicted octanol–water partition coefficient (Wildman–Crippen LogP) is 1.58. The molecule has 1 aromatic rings. The van der Waals surface area contributed by atoms with Crippen molar-refractivity contribution in [3.8, 4) is 11.9 Å². The molecule has 1 fully saturated rings. The Morgan fingerprint density at radius 1 is 1.50 bits per heavy atom. The summed E-state index contributed by atoms with van der Waals surface area (Å²) in [4.78, 5) is 18.4. The van der Waals surface area contributed by atoms with Gasteiger partial charge in [-0.3, -0.25) is 4.79 Å². The lowest BCUT2D eigenvalue weighted by Crippen LogP contribution is -2.36. The molecule has 6 heteroatoms. The van der Waals surface area contributed by atoms with E-state index in [9.17, 15) is 9.90 Å². The molecule has 1 aromatic heterocycles. The van der Waals surface area contributed by atoms with Gasteiger partial charge in [0.2, 0.25) is 5.88 Å². The van der Waals surface area contributed by atoms with E-state index in [4.69, 9.17) is 4.74 Å². The second-order valence-corrected chi connectivity index (χ2v) is 4.48.